The molecule has 0 aliphatic carbocycles. The van der Waals surface area contributed by atoms with E-state index in [0.717, 1.165) is 43.4 Å². The van der Waals surface area contributed by atoms with Crippen molar-refractivity contribution in [2.45, 2.75) is 225 Å². The van der Waals surface area contributed by atoms with Crippen LogP contribution in [0.4, 0.5) is 0 Å². The van der Waals surface area contributed by atoms with E-state index in [1.807, 2.05) is 0 Å². The van der Waals surface area contributed by atoms with Gasteiger partial charge in [0.05, 0.1) is 19.8 Å². The first-order valence-electron chi connectivity index (χ1n) is 21.4. The molecule has 0 radical (unpaired) electrons. The predicted octanol–water partition coefficient (Wildman–Crippen LogP) is 13.2. The summed E-state index contributed by atoms with van der Waals surface area (Å²) < 4.78 is 37.8. The molecular formula is C40H83NO8P2. The topological polar surface area (TPSA) is 134 Å². The number of aliphatic carboxylic acids is 1. The summed E-state index contributed by atoms with van der Waals surface area (Å²) in [5.74, 6) is -1.28. The molecule has 0 rings (SSSR count). The lowest BCUT2D eigenvalue weighted by Gasteiger charge is -2.32. The minimum Gasteiger partial charge on any atom is -0.480 e. The zero-order chi connectivity index (χ0) is 37.9. The number of likely N-dealkylation sites (N-methyl/N-ethyl adjacent to an activating group) is 1. The number of carboxylic acids is 1. The monoisotopic (exact) mass is 768 g/mol. The number of hydrogen-bond acceptors (Lipinski definition) is 6. The van der Waals surface area contributed by atoms with E-state index in [1.165, 1.54) is 161 Å². The fraction of sp³-hybridized carbons (Fsp3) is 0.975. The molecule has 0 heterocycles. The molecule has 1 unspecified atom stereocenters. The average molecular weight is 768 g/mol. The molecule has 0 aliphatic rings. The summed E-state index contributed by atoms with van der Waals surface area (Å²) in [5.41, 5.74) is -1.96. The SMILES string of the molecule is CCCCCCCCCCCCCCCCCCOP(=O)(OCCCCCCCCCCCCCCCCCC)C(N(C)CC(=O)O)P(=O)(O)O. The van der Waals surface area contributed by atoms with Gasteiger partial charge in [-0.2, -0.15) is 0 Å². The molecule has 0 spiro atoms. The molecule has 0 saturated heterocycles. The number of hydrogen-bond donors (Lipinski definition) is 3. The predicted molar refractivity (Wildman–Crippen MR) is 215 cm³/mol. The molecule has 0 aromatic carbocycles. The van der Waals surface area contributed by atoms with Gasteiger partial charge in [-0.25, -0.2) is 0 Å². The first-order valence-corrected chi connectivity index (χ1v) is 24.7. The maximum Gasteiger partial charge on any atom is 0.360 e. The summed E-state index contributed by atoms with van der Waals surface area (Å²) in [4.78, 5) is 32.5. The fourth-order valence-corrected chi connectivity index (χ4v) is 11.0. The molecule has 9 nitrogen and oxygen atoms in total. The van der Waals surface area contributed by atoms with Crippen LogP contribution in [0.3, 0.4) is 0 Å². The minimum absolute atomic E-state index is 0.0477. The van der Waals surface area contributed by atoms with E-state index in [-0.39, 0.29) is 13.2 Å². The fourth-order valence-electron chi connectivity index (χ4n) is 6.83. The van der Waals surface area contributed by atoms with Gasteiger partial charge in [-0.3, -0.25) is 18.8 Å². The van der Waals surface area contributed by atoms with E-state index >= 15 is 0 Å². The summed E-state index contributed by atoms with van der Waals surface area (Å²) in [7, 11) is -8.15. The maximum absolute atomic E-state index is 13.9. The minimum atomic E-state index is -5.05. The number of carboxylic acid groups (broad SMARTS) is 1. The van der Waals surface area contributed by atoms with Gasteiger partial charge in [0.2, 0.25) is 5.52 Å². The van der Waals surface area contributed by atoms with Crippen molar-refractivity contribution in [2.75, 3.05) is 26.8 Å². The van der Waals surface area contributed by atoms with Crippen LogP contribution in [0.2, 0.25) is 0 Å². The quantitative estimate of drug-likeness (QED) is 0.0410. The highest BCUT2D eigenvalue weighted by Crippen LogP contribution is 2.66. The van der Waals surface area contributed by atoms with E-state index in [1.54, 1.807) is 0 Å². The summed E-state index contributed by atoms with van der Waals surface area (Å²) >= 11 is 0. The molecule has 0 bridgehead atoms. The van der Waals surface area contributed by atoms with Crippen molar-refractivity contribution in [2.24, 2.45) is 0 Å². The van der Waals surface area contributed by atoms with Crippen LogP contribution in [0.1, 0.15) is 219 Å². The van der Waals surface area contributed by atoms with Gasteiger partial charge in [-0.05, 0) is 19.9 Å². The molecular weight excluding hydrogens is 684 g/mol. The van der Waals surface area contributed by atoms with Crippen molar-refractivity contribution in [3.63, 3.8) is 0 Å². The van der Waals surface area contributed by atoms with Crippen LogP contribution in [-0.2, 0) is 23.0 Å². The first-order chi connectivity index (χ1) is 24.6. The average Bonchev–Trinajstić information content (AvgIpc) is 3.06. The lowest BCUT2D eigenvalue weighted by atomic mass is 10.0. The smallest absolute Gasteiger partial charge is 0.360 e. The molecule has 0 fully saturated rings. The Balaban J connectivity index is 4.35. The summed E-state index contributed by atoms with van der Waals surface area (Å²) in [5, 5.41) is 9.26. The number of nitrogens with zero attached hydrogens (tertiary/aromatic N) is 1. The van der Waals surface area contributed by atoms with Gasteiger partial charge in [0.15, 0.2) is 0 Å². The van der Waals surface area contributed by atoms with Gasteiger partial charge in [0.25, 0.3) is 0 Å². The van der Waals surface area contributed by atoms with E-state index in [4.69, 9.17) is 9.05 Å². The van der Waals surface area contributed by atoms with Crippen molar-refractivity contribution < 1.29 is 37.9 Å². The molecule has 0 aromatic rings. The standard InChI is InChI=1S/C40H83NO8P2/c1-4-6-8-10-12-14-16-18-20-22-24-26-28-30-32-34-36-48-51(47,40(50(44,45)46)41(3)38-39(42)43)49-37-35-33-31-29-27-25-23-21-19-17-15-13-11-9-7-5-2/h40H,4-38H2,1-3H3,(H,42,43)(H2,44,45,46). The summed E-state index contributed by atoms with van der Waals surface area (Å²) in [6, 6.07) is 0. The van der Waals surface area contributed by atoms with Crippen molar-refractivity contribution in [1.82, 2.24) is 4.90 Å². The van der Waals surface area contributed by atoms with Crippen LogP contribution in [0, 0.1) is 0 Å². The molecule has 306 valence electrons. The Hall–Kier alpha value is -0.270. The molecule has 0 amide bonds. The summed E-state index contributed by atoms with van der Waals surface area (Å²) in [6.07, 6.45) is 39.0. The Kier molecular flexibility index (Phi) is 35.2. The van der Waals surface area contributed by atoms with E-state index in [9.17, 15) is 28.8 Å². The third-order valence-electron chi connectivity index (χ3n) is 9.90. The van der Waals surface area contributed by atoms with E-state index < -0.39 is 33.2 Å². The second-order valence-electron chi connectivity index (χ2n) is 15.1. The van der Waals surface area contributed by atoms with Gasteiger partial charge >= 0.3 is 21.2 Å². The Morgan fingerprint density at radius 1 is 0.490 bits per heavy atom. The maximum atomic E-state index is 13.9. The Morgan fingerprint density at radius 3 is 0.941 bits per heavy atom. The molecule has 11 heteroatoms. The molecule has 0 saturated carbocycles. The lowest BCUT2D eigenvalue weighted by Crippen LogP contribution is -2.36. The molecule has 0 aromatic heterocycles. The van der Waals surface area contributed by atoms with Crippen LogP contribution in [-0.4, -0.2) is 58.1 Å². The van der Waals surface area contributed by atoms with Crippen molar-refractivity contribution in [1.29, 1.82) is 0 Å². The molecule has 0 aliphatic heterocycles. The normalized spacial score (nSPS) is 13.0. The van der Waals surface area contributed by atoms with Crippen molar-refractivity contribution in [3.05, 3.63) is 0 Å². The van der Waals surface area contributed by atoms with Crippen LogP contribution in [0.25, 0.3) is 0 Å². The molecule has 1 atom stereocenters. The Labute approximate surface area is 314 Å². The van der Waals surface area contributed by atoms with E-state index in [2.05, 4.69) is 13.8 Å². The van der Waals surface area contributed by atoms with E-state index in [0.29, 0.717) is 12.8 Å². The largest absolute Gasteiger partial charge is 0.480 e. The summed E-state index contributed by atoms with van der Waals surface area (Å²) in [6.45, 7) is 3.92. The zero-order valence-electron chi connectivity index (χ0n) is 33.6. The van der Waals surface area contributed by atoms with Crippen LogP contribution >= 0.6 is 15.2 Å². The Morgan fingerprint density at radius 2 is 0.725 bits per heavy atom. The van der Waals surface area contributed by atoms with Crippen molar-refractivity contribution in [3.8, 4) is 0 Å². The first kappa shape index (κ1) is 50.7. The number of rotatable bonds is 41. The van der Waals surface area contributed by atoms with Crippen LogP contribution < -0.4 is 0 Å². The highest BCUT2D eigenvalue weighted by molar-refractivity contribution is 7.71. The highest BCUT2D eigenvalue weighted by Gasteiger charge is 2.50. The van der Waals surface area contributed by atoms with Gasteiger partial charge in [0.1, 0.15) is 0 Å². The number of carbonyl (C=O) groups is 1. The second-order valence-corrected chi connectivity index (χ2v) is 19.2. The Bertz CT molecular complexity index is 829. The van der Waals surface area contributed by atoms with Gasteiger partial charge < -0.3 is 23.9 Å². The van der Waals surface area contributed by atoms with Gasteiger partial charge in [0, 0.05) is 0 Å². The van der Waals surface area contributed by atoms with Crippen LogP contribution in [0.15, 0.2) is 0 Å². The van der Waals surface area contributed by atoms with Gasteiger partial charge in [-0.1, -0.05) is 206 Å². The van der Waals surface area contributed by atoms with Gasteiger partial charge in [-0.15, -0.1) is 0 Å². The second kappa shape index (κ2) is 35.4. The van der Waals surface area contributed by atoms with Crippen molar-refractivity contribution >= 4 is 21.2 Å². The lowest BCUT2D eigenvalue weighted by molar-refractivity contribution is -0.137. The molecule has 51 heavy (non-hydrogen) atoms. The number of unbranched alkanes of at least 4 members (excludes halogenated alkanes) is 30. The third-order valence-corrected chi connectivity index (χ3v) is 14.7. The third kappa shape index (κ3) is 31.8. The van der Waals surface area contributed by atoms with Crippen LogP contribution in [0.5, 0.6) is 0 Å². The zero-order valence-corrected chi connectivity index (χ0v) is 35.3. The molecule has 3 N–H and O–H groups in total. The highest BCUT2D eigenvalue weighted by atomic mass is 31.2.